The van der Waals surface area contributed by atoms with Crippen molar-refractivity contribution in [2.75, 3.05) is 0 Å². The summed E-state index contributed by atoms with van der Waals surface area (Å²) in [6, 6.07) is 22.3. The Balaban J connectivity index is 0.000000410. The van der Waals surface area contributed by atoms with Crippen molar-refractivity contribution in [1.82, 2.24) is 0 Å². The molecule has 1 aliphatic carbocycles. The second kappa shape index (κ2) is 14.3. The summed E-state index contributed by atoms with van der Waals surface area (Å²) in [4.78, 5) is 0. The van der Waals surface area contributed by atoms with Crippen LogP contribution in [0.15, 0.2) is 72.8 Å². The Morgan fingerprint density at radius 1 is 0.512 bits per heavy atom. The van der Waals surface area contributed by atoms with Crippen molar-refractivity contribution in [1.29, 1.82) is 0 Å². The van der Waals surface area contributed by atoms with Gasteiger partial charge in [-0.25, -0.2) is 0 Å². The van der Waals surface area contributed by atoms with E-state index in [1.54, 1.807) is 0 Å². The van der Waals surface area contributed by atoms with Gasteiger partial charge in [0.2, 0.25) is 0 Å². The monoisotopic (exact) mass is 604 g/mol. The van der Waals surface area contributed by atoms with Crippen LogP contribution in [0.1, 0.15) is 104 Å². The van der Waals surface area contributed by atoms with Crippen molar-refractivity contribution in [3.05, 3.63) is 130 Å². The summed E-state index contributed by atoms with van der Waals surface area (Å²) in [5.74, 6) is 7.18. The summed E-state index contributed by atoms with van der Waals surface area (Å²) in [7, 11) is 4.64. The molecular weight excluding hydrogens is 560 g/mol. The van der Waals surface area contributed by atoms with E-state index in [2.05, 4.69) is 64.7 Å². The molecule has 4 rings (SSSR count). The summed E-state index contributed by atoms with van der Waals surface area (Å²) in [5, 5.41) is 28.4. The Bertz CT molecular complexity index is 1140. The third kappa shape index (κ3) is 7.88. The van der Waals surface area contributed by atoms with E-state index in [9.17, 15) is 10.2 Å². The molecule has 0 heterocycles. The maximum absolute atomic E-state index is 14.7. The molecule has 0 N–H and O–H groups in total. The van der Waals surface area contributed by atoms with Crippen LogP contribution in [0.25, 0.3) is 0 Å². The van der Waals surface area contributed by atoms with E-state index in [0.717, 1.165) is 5.56 Å². The quantitative estimate of drug-likeness (QED) is 0.222. The summed E-state index contributed by atoms with van der Waals surface area (Å²) in [6.07, 6.45) is 0. The average Bonchev–Trinajstić information content (AvgIpc) is 3.11. The van der Waals surface area contributed by atoms with Crippen molar-refractivity contribution in [3.8, 4) is 5.75 Å². The standard InChI is InChI=1S/C27H31O2.C10H15.ClH.Ti/c1-25(2,3)21-17-22(26(4,5)6)24(28)23(18-21)27(29,19-13-9-7-10-14-19)20-15-11-8-12-16-20;1-6-7(2)9(4)10(5)8(6)3;;/h7-18,28H,1-6H3;1-5H3;1H;/q-1;;;+4/p-2. The van der Waals surface area contributed by atoms with Crippen LogP contribution in [0.2, 0.25) is 0 Å². The fourth-order valence-electron chi connectivity index (χ4n) is 5.11. The van der Waals surface area contributed by atoms with Crippen LogP contribution in [0, 0.1) is 29.6 Å². The molecule has 1 saturated carbocycles. The van der Waals surface area contributed by atoms with E-state index in [4.69, 9.17) is 0 Å². The third-order valence-corrected chi connectivity index (χ3v) is 8.32. The van der Waals surface area contributed by atoms with Gasteiger partial charge in [-0.05, 0) is 68.3 Å². The zero-order valence-electron chi connectivity index (χ0n) is 26.6. The van der Waals surface area contributed by atoms with E-state index in [1.165, 1.54) is 49.0 Å². The molecule has 0 atom stereocenters. The van der Waals surface area contributed by atoms with Crippen molar-refractivity contribution >= 4 is 9.30 Å². The Morgan fingerprint density at radius 3 is 1.12 bits per heavy atom. The molecular formula is C37H45ClO2Ti+. The third-order valence-electron chi connectivity index (χ3n) is 8.32. The zero-order chi connectivity index (χ0) is 31.3. The zero-order valence-corrected chi connectivity index (χ0v) is 28.9. The van der Waals surface area contributed by atoms with Crippen LogP contribution in [0.3, 0.4) is 0 Å². The molecule has 0 spiro atoms. The number of benzene rings is 3. The van der Waals surface area contributed by atoms with E-state index in [1.807, 2.05) is 93.6 Å². The minimum absolute atomic E-state index is 0.159. The number of halogens is 1. The van der Waals surface area contributed by atoms with Crippen molar-refractivity contribution in [2.45, 2.75) is 92.6 Å². The predicted octanol–water partition coefficient (Wildman–Crippen LogP) is 8.67. The molecule has 0 aromatic heterocycles. The first-order valence-electron chi connectivity index (χ1n) is 14.1. The van der Waals surface area contributed by atoms with Crippen molar-refractivity contribution in [3.63, 3.8) is 0 Å². The van der Waals surface area contributed by atoms with Gasteiger partial charge in [-0.1, -0.05) is 155 Å². The van der Waals surface area contributed by atoms with Gasteiger partial charge in [-0.2, -0.15) is 0 Å². The molecule has 2 nitrogen and oxygen atoms in total. The first kappa shape index (κ1) is 35.6. The molecule has 4 heteroatoms. The number of rotatable bonds is 3. The van der Waals surface area contributed by atoms with Gasteiger partial charge in [0.05, 0.1) is 0 Å². The predicted molar refractivity (Wildman–Crippen MR) is 166 cm³/mol. The number of hydrogen-bond acceptors (Lipinski definition) is 2. The second-order valence-electron chi connectivity index (χ2n) is 12.9. The van der Waals surface area contributed by atoms with Gasteiger partial charge in [-0.3, -0.25) is 0 Å². The molecule has 0 unspecified atom stereocenters. The van der Waals surface area contributed by atoms with Gasteiger partial charge in [0.25, 0.3) is 0 Å². The van der Waals surface area contributed by atoms with Gasteiger partial charge in [0.15, 0.2) is 0 Å². The van der Waals surface area contributed by atoms with Crippen LogP contribution in [-0.2, 0) is 35.8 Å². The SMILES string of the molecule is CC(C)(C)c1cc(C(C)(C)C)c([O-])c(C([O-])(c2ccccc2)c2ccccc2)c1.C[C]1[C](C)[C](C)[C](C)[C]1C.[Cl][Ti+3]. The molecule has 1 aliphatic rings. The fraction of sp³-hybridized carbons (Fsp3) is 0.378. The first-order valence-corrected chi connectivity index (χ1v) is 16.2. The molecule has 3 aromatic carbocycles. The molecule has 0 bridgehead atoms. The molecule has 0 aliphatic heterocycles. The summed E-state index contributed by atoms with van der Waals surface area (Å²) in [6.45, 7) is 23.4. The van der Waals surface area contributed by atoms with E-state index < -0.39 is 5.60 Å². The normalized spacial score (nSPS) is 16.2. The Kier molecular flexibility index (Phi) is 12.4. The molecule has 1 fully saturated rings. The fourth-order valence-corrected chi connectivity index (χ4v) is 5.11. The van der Waals surface area contributed by atoms with Gasteiger partial charge in [-0.15, -0.1) is 5.75 Å². The summed E-state index contributed by atoms with van der Waals surface area (Å²) in [5.41, 5.74) is 0.825. The Labute approximate surface area is 266 Å². The van der Waals surface area contributed by atoms with Gasteiger partial charge < -0.3 is 10.2 Å². The topological polar surface area (TPSA) is 46.1 Å². The van der Waals surface area contributed by atoms with Gasteiger partial charge in [0.1, 0.15) is 0 Å². The van der Waals surface area contributed by atoms with Crippen LogP contribution in [0.4, 0.5) is 0 Å². The van der Waals surface area contributed by atoms with Crippen LogP contribution in [0.5, 0.6) is 5.75 Å². The molecule has 215 valence electrons. The average molecular weight is 605 g/mol. The van der Waals surface area contributed by atoms with Gasteiger partial charge in [0, 0.05) is 0 Å². The Hall–Kier alpha value is -1.58. The van der Waals surface area contributed by atoms with Crippen LogP contribution in [-0.4, -0.2) is 0 Å². The van der Waals surface area contributed by atoms with Gasteiger partial charge >= 0.3 is 28.7 Å². The number of hydrogen-bond donors (Lipinski definition) is 0. The molecule has 5 radical (unpaired) electrons. The molecule has 41 heavy (non-hydrogen) atoms. The van der Waals surface area contributed by atoms with E-state index in [-0.39, 0.29) is 16.6 Å². The molecule has 0 saturated heterocycles. The van der Waals surface area contributed by atoms with Crippen molar-refractivity contribution in [2.24, 2.45) is 0 Å². The van der Waals surface area contributed by atoms with Crippen LogP contribution < -0.4 is 10.2 Å². The molecule has 0 amide bonds. The summed E-state index contributed by atoms with van der Waals surface area (Å²) >= 11 is 1.47. The summed E-state index contributed by atoms with van der Waals surface area (Å²) < 4.78 is 0. The minimum atomic E-state index is -1.78. The van der Waals surface area contributed by atoms with Crippen LogP contribution >= 0.6 is 9.30 Å². The Morgan fingerprint density at radius 2 is 0.829 bits per heavy atom. The van der Waals surface area contributed by atoms with E-state index in [0.29, 0.717) is 22.3 Å². The first-order chi connectivity index (χ1) is 19.0. The van der Waals surface area contributed by atoms with Crippen molar-refractivity contribution < 1.29 is 29.6 Å². The maximum atomic E-state index is 14.7. The second-order valence-corrected chi connectivity index (χ2v) is 12.9. The van der Waals surface area contributed by atoms with E-state index >= 15 is 0 Å². The molecule has 3 aromatic rings.